The van der Waals surface area contributed by atoms with Gasteiger partial charge in [0.2, 0.25) is 0 Å². The smallest absolute Gasteiger partial charge is 0.341 e. The van der Waals surface area contributed by atoms with Gasteiger partial charge >= 0.3 is 6.00 Å². The normalized spacial score (nSPS) is 12.0. The Morgan fingerprint density at radius 1 is 0.270 bits per heavy atom. The standard InChI is InChI=1S/C32H65Cl3OSi/c33-37(34,35)32-30-28-26-24-22-20-18-16-14-12-10-8-6-4-2-1-3-5-7-9-11-13-15-17-19-21-23-25-27-29-31-36/h36H,1-32H2. The lowest BCUT2D eigenvalue weighted by Gasteiger charge is -2.07. The molecule has 0 rings (SSSR count). The highest BCUT2D eigenvalue weighted by Crippen LogP contribution is 2.27. The molecule has 0 bridgehead atoms. The molecule has 0 aliphatic rings. The molecule has 0 spiro atoms. The Balaban J connectivity index is 3.04. The minimum atomic E-state index is -2.37. The van der Waals surface area contributed by atoms with Gasteiger partial charge in [-0.3, -0.25) is 0 Å². The van der Waals surface area contributed by atoms with E-state index in [2.05, 4.69) is 0 Å². The Morgan fingerprint density at radius 2 is 0.432 bits per heavy atom. The summed E-state index contributed by atoms with van der Waals surface area (Å²) in [6.45, 7) is 0.369. The maximum absolute atomic E-state index is 8.78. The van der Waals surface area contributed by atoms with E-state index < -0.39 is 6.00 Å². The van der Waals surface area contributed by atoms with Crippen LogP contribution in [0.3, 0.4) is 0 Å². The summed E-state index contributed by atoms with van der Waals surface area (Å²) < 4.78 is 0. The van der Waals surface area contributed by atoms with E-state index in [0.29, 0.717) is 6.61 Å². The zero-order valence-electron chi connectivity index (χ0n) is 24.7. The van der Waals surface area contributed by atoms with Crippen molar-refractivity contribution in [3.63, 3.8) is 0 Å². The van der Waals surface area contributed by atoms with Gasteiger partial charge in [-0.2, -0.15) is 0 Å². The zero-order valence-corrected chi connectivity index (χ0v) is 28.0. The van der Waals surface area contributed by atoms with Gasteiger partial charge in [0.05, 0.1) is 0 Å². The van der Waals surface area contributed by atoms with Gasteiger partial charge in [-0.25, -0.2) is 0 Å². The lowest BCUT2D eigenvalue weighted by Crippen LogP contribution is -2.07. The molecule has 1 N–H and O–H groups in total. The van der Waals surface area contributed by atoms with Crippen LogP contribution in [0.4, 0.5) is 0 Å². The molecule has 0 saturated heterocycles. The number of unbranched alkanes of at least 4 members (excludes halogenated alkanes) is 29. The van der Waals surface area contributed by atoms with E-state index in [0.717, 1.165) is 18.9 Å². The molecule has 0 aliphatic carbocycles. The summed E-state index contributed by atoms with van der Waals surface area (Å²) in [7, 11) is 0. The second-order valence-corrected chi connectivity index (χ2v) is 21.0. The Hall–Kier alpha value is 1.05. The van der Waals surface area contributed by atoms with Crippen LogP contribution in [0, 0.1) is 0 Å². The SMILES string of the molecule is OCCCCCCCCCCCCCCCCCCCCCCCCCCCCCCCC[Si](Cl)(Cl)Cl. The third-order valence-electron chi connectivity index (χ3n) is 7.87. The van der Waals surface area contributed by atoms with E-state index in [1.165, 1.54) is 180 Å². The molecule has 0 saturated carbocycles. The van der Waals surface area contributed by atoms with E-state index in [4.69, 9.17) is 38.3 Å². The van der Waals surface area contributed by atoms with Crippen LogP contribution in [0.25, 0.3) is 0 Å². The van der Waals surface area contributed by atoms with Crippen LogP contribution in [0.5, 0.6) is 0 Å². The van der Waals surface area contributed by atoms with E-state index in [1.54, 1.807) is 0 Å². The van der Waals surface area contributed by atoms with Crippen LogP contribution in [0.1, 0.15) is 193 Å². The quantitative estimate of drug-likeness (QED) is 0.0463. The van der Waals surface area contributed by atoms with E-state index in [9.17, 15) is 0 Å². The van der Waals surface area contributed by atoms with Gasteiger partial charge in [-0.05, 0) is 12.5 Å². The number of aliphatic hydroxyl groups excluding tert-OH is 1. The summed E-state index contributed by atoms with van der Waals surface area (Å²) >= 11 is 17.8. The molecule has 0 aliphatic heterocycles. The second-order valence-electron chi connectivity index (χ2n) is 11.7. The van der Waals surface area contributed by atoms with Crippen molar-refractivity contribution in [2.75, 3.05) is 6.61 Å². The molecule has 0 aromatic heterocycles. The predicted molar refractivity (Wildman–Crippen MR) is 174 cm³/mol. The van der Waals surface area contributed by atoms with Crippen LogP contribution in [-0.4, -0.2) is 17.7 Å². The summed E-state index contributed by atoms with van der Waals surface area (Å²) in [5.74, 6) is 0. The summed E-state index contributed by atoms with van der Waals surface area (Å²) in [5.41, 5.74) is 0. The molecule has 0 radical (unpaired) electrons. The van der Waals surface area contributed by atoms with Crippen molar-refractivity contribution in [3.8, 4) is 0 Å². The van der Waals surface area contributed by atoms with Gasteiger partial charge in [0, 0.05) is 6.61 Å². The Bertz CT molecular complexity index is 417. The molecule has 0 amide bonds. The van der Waals surface area contributed by atoms with Gasteiger partial charge < -0.3 is 5.11 Å². The summed E-state index contributed by atoms with van der Waals surface area (Å²) in [6.07, 6.45) is 41.7. The van der Waals surface area contributed by atoms with Crippen molar-refractivity contribution in [2.24, 2.45) is 0 Å². The highest BCUT2D eigenvalue weighted by Gasteiger charge is 2.23. The first-order valence-electron chi connectivity index (χ1n) is 16.7. The largest absolute Gasteiger partial charge is 0.396 e. The fourth-order valence-electron chi connectivity index (χ4n) is 5.39. The predicted octanol–water partition coefficient (Wildman–Crippen LogP) is 13.3. The monoisotopic (exact) mass is 598 g/mol. The first kappa shape index (κ1) is 38.0. The van der Waals surface area contributed by atoms with Crippen molar-refractivity contribution < 1.29 is 5.11 Å². The lowest BCUT2D eigenvalue weighted by atomic mass is 10.0. The third-order valence-corrected chi connectivity index (χ3v) is 10.5. The average molecular weight is 600 g/mol. The first-order valence-corrected chi connectivity index (χ1v) is 22.0. The van der Waals surface area contributed by atoms with Gasteiger partial charge in [0.15, 0.2) is 0 Å². The second kappa shape index (κ2) is 31.6. The van der Waals surface area contributed by atoms with E-state index >= 15 is 0 Å². The fourth-order valence-corrected chi connectivity index (χ4v) is 7.24. The molecule has 37 heavy (non-hydrogen) atoms. The molecule has 224 valence electrons. The van der Waals surface area contributed by atoms with Crippen LogP contribution in [-0.2, 0) is 0 Å². The lowest BCUT2D eigenvalue weighted by molar-refractivity contribution is 0.282. The Kier molecular flexibility index (Phi) is 32.5. The van der Waals surface area contributed by atoms with Crippen LogP contribution in [0.2, 0.25) is 6.04 Å². The van der Waals surface area contributed by atoms with Gasteiger partial charge in [0.1, 0.15) is 0 Å². The van der Waals surface area contributed by atoms with E-state index in [-0.39, 0.29) is 0 Å². The Morgan fingerprint density at radius 3 is 0.595 bits per heavy atom. The first-order chi connectivity index (χ1) is 18.1. The number of aliphatic hydroxyl groups is 1. The van der Waals surface area contributed by atoms with Crippen LogP contribution < -0.4 is 0 Å². The van der Waals surface area contributed by atoms with Crippen molar-refractivity contribution in [1.29, 1.82) is 0 Å². The van der Waals surface area contributed by atoms with Gasteiger partial charge in [0.25, 0.3) is 0 Å². The molecule has 0 fully saturated rings. The summed E-state index contributed by atoms with van der Waals surface area (Å²) in [6, 6.07) is -1.54. The highest BCUT2D eigenvalue weighted by molar-refractivity contribution is 7.64. The molecular weight excluding hydrogens is 535 g/mol. The minimum absolute atomic E-state index is 0.369. The third kappa shape index (κ3) is 37.0. The Labute approximate surface area is 248 Å². The number of rotatable bonds is 32. The minimum Gasteiger partial charge on any atom is -0.396 e. The van der Waals surface area contributed by atoms with Gasteiger partial charge in [-0.15, -0.1) is 33.2 Å². The molecule has 0 heterocycles. The highest BCUT2D eigenvalue weighted by atomic mass is 35.8. The molecule has 0 aromatic rings. The molecular formula is C32H65Cl3OSi. The maximum atomic E-state index is 8.78. The topological polar surface area (TPSA) is 20.2 Å². The van der Waals surface area contributed by atoms with Crippen LogP contribution >= 0.6 is 33.2 Å². The van der Waals surface area contributed by atoms with E-state index in [1.807, 2.05) is 0 Å². The fraction of sp³-hybridized carbons (Fsp3) is 1.00. The van der Waals surface area contributed by atoms with Crippen molar-refractivity contribution in [2.45, 2.75) is 199 Å². The molecule has 0 atom stereocenters. The zero-order chi connectivity index (χ0) is 27.1. The van der Waals surface area contributed by atoms with Crippen molar-refractivity contribution >= 4 is 39.2 Å². The number of hydrogen-bond donors (Lipinski definition) is 1. The molecule has 0 aromatic carbocycles. The molecule has 1 nitrogen and oxygen atoms in total. The van der Waals surface area contributed by atoms with Crippen LogP contribution in [0.15, 0.2) is 0 Å². The summed E-state index contributed by atoms with van der Waals surface area (Å²) in [5, 5.41) is 8.78. The number of hydrogen-bond acceptors (Lipinski definition) is 1. The van der Waals surface area contributed by atoms with Crippen molar-refractivity contribution in [1.82, 2.24) is 0 Å². The van der Waals surface area contributed by atoms with Crippen molar-refractivity contribution in [3.05, 3.63) is 0 Å². The average Bonchev–Trinajstić information content (AvgIpc) is 2.86. The molecule has 0 unspecified atom stereocenters. The molecule has 5 heteroatoms. The van der Waals surface area contributed by atoms with Gasteiger partial charge in [-0.1, -0.05) is 186 Å². The maximum Gasteiger partial charge on any atom is 0.341 e. The number of halogens is 3. The summed E-state index contributed by atoms with van der Waals surface area (Å²) in [4.78, 5) is 0.